The molecule has 0 aliphatic rings. The molecule has 0 rings (SSSR count). The molecular weight excluding hydrogens is 462 g/mol. The number of hydrogen-bond donors (Lipinski definition) is 0. The molecular formula is Cl2CoFeN6O12-6. The van der Waals surface area contributed by atoms with E-state index < -0.39 is 0 Å². The molecule has 22 heteroatoms. The molecule has 0 spiro atoms. The standard InChI is InChI=1S/2ClH.Co.Fe.6HNO2/c;;;;6*2-1-3/h2*1H;;;6*(H,2,3)/q;;;+2;;;;;;/p-8. The summed E-state index contributed by atoms with van der Waals surface area (Å²) in [6.45, 7) is 0. The molecule has 139 valence electrons. The monoisotopic (exact) mass is 461 g/mol. The maximum absolute atomic E-state index is 8.00. The van der Waals surface area contributed by atoms with Gasteiger partial charge in [0.25, 0.3) is 0 Å². The van der Waals surface area contributed by atoms with Gasteiger partial charge in [-0.05, 0) is 0 Å². The molecule has 0 atom stereocenters. The van der Waals surface area contributed by atoms with E-state index in [1.807, 2.05) is 0 Å². The molecule has 0 N–H and O–H groups in total. The molecule has 0 saturated carbocycles. The van der Waals surface area contributed by atoms with E-state index in [2.05, 4.69) is 0 Å². The normalized spacial score (nSPS) is 3.27. The van der Waals surface area contributed by atoms with Crippen molar-refractivity contribution in [3.63, 3.8) is 0 Å². The minimum atomic E-state index is 0. The first-order valence-electron chi connectivity index (χ1n) is 2.19. The molecule has 0 heterocycles. The minimum Gasteiger partial charge on any atom is -1.00 e. The van der Waals surface area contributed by atoms with E-state index in [0.717, 1.165) is 32.0 Å². The van der Waals surface area contributed by atoms with E-state index in [-0.39, 0.29) is 58.7 Å². The zero-order valence-corrected chi connectivity index (χ0v) is 12.7. The van der Waals surface area contributed by atoms with Gasteiger partial charge < -0.3 is 85.5 Å². The summed E-state index contributed by atoms with van der Waals surface area (Å²) in [4.78, 5) is 48.0. The van der Waals surface area contributed by atoms with Crippen molar-refractivity contribution in [2.24, 2.45) is 32.0 Å². The van der Waals surface area contributed by atoms with Crippen molar-refractivity contribution in [2.45, 2.75) is 0 Å². The summed E-state index contributed by atoms with van der Waals surface area (Å²) < 4.78 is 0. The zero-order valence-electron chi connectivity index (χ0n) is 9.03. The number of hydrogen-bond acceptors (Lipinski definition) is 18. The predicted octanol–water partition coefficient (Wildman–Crippen LogP) is -4.49. The summed E-state index contributed by atoms with van der Waals surface area (Å²) in [5, 5.41) is 54.0. The van der Waals surface area contributed by atoms with Crippen LogP contribution in [-0.4, -0.2) is 0 Å². The van der Waals surface area contributed by atoms with E-state index in [0.29, 0.717) is 0 Å². The number of nitrogens with zero attached hydrogens (tertiary/aromatic N) is 6. The van der Waals surface area contributed by atoms with Gasteiger partial charge in [0.15, 0.2) is 0 Å². The third-order valence-electron chi connectivity index (χ3n) is 0. The maximum Gasteiger partial charge on any atom is 2.00 e. The van der Waals surface area contributed by atoms with Crippen molar-refractivity contribution in [3.8, 4) is 0 Å². The number of rotatable bonds is 0. The Hall–Kier alpha value is -1.99. The van der Waals surface area contributed by atoms with Crippen molar-refractivity contribution >= 4 is 0 Å². The van der Waals surface area contributed by atoms with Gasteiger partial charge >= 0.3 is 17.1 Å². The van der Waals surface area contributed by atoms with Gasteiger partial charge in [-0.2, -0.15) is 0 Å². The van der Waals surface area contributed by atoms with Gasteiger partial charge in [0.1, 0.15) is 0 Å². The van der Waals surface area contributed by atoms with Crippen LogP contribution in [0.15, 0.2) is 32.0 Å². The Morgan fingerprint density at radius 3 is 0.409 bits per heavy atom. The van der Waals surface area contributed by atoms with Crippen LogP contribution in [0.4, 0.5) is 0 Å². The molecule has 0 aromatic heterocycles. The molecule has 18 nitrogen and oxygen atoms in total. The zero-order chi connectivity index (χ0) is 16.2. The smallest absolute Gasteiger partial charge is 1.00 e. The van der Waals surface area contributed by atoms with E-state index in [9.17, 15) is 0 Å². The molecule has 0 aromatic rings. The fraction of sp³-hybridized carbons (Fsp3) is 0. The Morgan fingerprint density at radius 2 is 0.409 bits per heavy atom. The second kappa shape index (κ2) is 384. The fourth-order valence-electron chi connectivity index (χ4n) is 0. The van der Waals surface area contributed by atoms with Crippen LogP contribution in [0.3, 0.4) is 0 Å². The Morgan fingerprint density at radius 1 is 0.409 bits per heavy atom. The van der Waals surface area contributed by atoms with Crippen LogP contribution in [0.25, 0.3) is 0 Å². The van der Waals surface area contributed by atoms with Gasteiger partial charge in [-0.25, -0.2) is 0 Å². The van der Waals surface area contributed by atoms with Crippen LogP contribution in [0.5, 0.6) is 0 Å². The molecule has 0 amide bonds. The van der Waals surface area contributed by atoms with Crippen molar-refractivity contribution in [1.82, 2.24) is 0 Å². The first kappa shape index (κ1) is 72.2. The molecule has 0 bridgehead atoms. The molecule has 0 aliphatic heterocycles. The summed E-state index contributed by atoms with van der Waals surface area (Å²) in [5.41, 5.74) is 0. The second-order valence-electron chi connectivity index (χ2n) is 0.447. The van der Waals surface area contributed by atoms with E-state index in [1.54, 1.807) is 0 Å². The SMILES string of the molecule is O=N[O-].O=N[O-].O=N[O-].O=N[O-].O=N[O-].O=N[O-].[Cl-].[Cl-].[Co].[Fe+2]. The molecule has 0 unspecified atom stereocenters. The summed E-state index contributed by atoms with van der Waals surface area (Å²) >= 11 is 0. The van der Waals surface area contributed by atoms with Crippen molar-refractivity contribution < 1.29 is 58.7 Å². The Labute approximate surface area is 151 Å². The third-order valence-corrected chi connectivity index (χ3v) is 0. The largest absolute Gasteiger partial charge is 2.00 e. The molecule has 0 aliphatic carbocycles. The van der Waals surface area contributed by atoms with Crippen LogP contribution < -0.4 is 24.8 Å². The topological polar surface area (TPSA) is 315 Å². The summed E-state index contributed by atoms with van der Waals surface area (Å²) in [7, 11) is 0. The summed E-state index contributed by atoms with van der Waals surface area (Å²) in [5.74, 6) is 0. The summed E-state index contributed by atoms with van der Waals surface area (Å²) in [6, 6.07) is 0. The van der Waals surface area contributed by atoms with Crippen LogP contribution >= 0.6 is 0 Å². The first-order chi connectivity index (χ1) is 8.49. The minimum absolute atomic E-state index is 0. The van der Waals surface area contributed by atoms with Gasteiger partial charge in [-0.15, -0.1) is 32.0 Å². The fourth-order valence-corrected chi connectivity index (χ4v) is 0. The average Bonchev–Trinajstić information content (AvgIpc) is 2.23. The quantitative estimate of drug-likeness (QED) is 0.187. The van der Waals surface area contributed by atoms with Gasteiger partial charge in [0, 0.05) is 16.8 Å². The predicted molar refractivity (Wildman–Crippen MR) is 55.0 cm³/mol. The molecule has 0 saturated heterocycles. The molecule has 1 radical (unpaired) electrons. The van der Waals surface area contributed by atoms with Crippen LogP contribution in [0.1, 0.15) is 0 Å². The molecule has 0 fully saturated rings. The van der Waals surface area contributed by atoms with E-state index >= 15 is 0 Å². The third kappa shape index (κ3) is 1310. The average molecular weight is 462 g/mol. The van der Waals surface area contributed by atoms with Crippen LogP contribution in [0, 0.1) is 60.7 Å². The van der Waals surface area contributed by atoms with Crippen molar-refractivity contribution in [3.05, 3.63) is 60.7 Å². The van der Waals surface area contributed by atoms with Crippen molar-refractivity contribution in [2.75, 3.05) is 0 Å². The summed E-state index contributed by atoms with van der Waals surface area (Å²) in [6.07, 6.45) is 0. The van der Waals surface area contributed by atoms with Crippen LogP contribution in [-0.2, 0) is 33.8 Å². The van der Waals surface area contributed by atoms with Gasteiger partial charge in [-0.3, -0.25) is 0 Å². The van der Waals surface area contributed by atoms with Crippen LogP contribution in [0.2, 0.25) is 0 Å². The Bertz CT molecular complexity index is 129. The Kier molecular flexibility index (Phi) is 1260. The van der Waals surface area contributed by atoms with E-state index in [4.69, 9.17) is 60.7 Å². The first-order valence-corrected chi connectivity index (χ1v) is 2.19. The van der Waals surface area contributed by atoms with Gasteiger partial charge in [-0.1, -0.05) is 0 Å². The molecule has 22 heavy (non-hydrogen) atoms. The maximum atomic E-state index is 8.00. The van der Waals surface area contributed by atoms with Crippen molar-refractivity contribution in [1.29, 1.82) is 0 Å². The van der Waals surface area contributed by atoms with Gasteiger partial charge in [0.2, 0.25) is 0 Å². The van der Waals surface area contributed by atoms with Gasteiger partial charge in [0.05, 0.1) is 0 Å². The Balaban J connectivity index is -0.00000000947. The number of halogens is 2. The van der Waals surface area contributed by atoms with E-state index in [1.165, 1.54) is 0 Å². The second-order valence-corrected chi connectivity index (χ2v) is 0.447. The molecule has 0 aromatic carbocycles.